The van der Waals surface area contributed by atoms with Crippen molar-refractivity contribution >= 4 is 33.7 Å². The molecule has 48 heavy (non-hydrogen) atoms. The highest BCUT2D eigenvalue weighted by molar-refractivity contribution is 5.91. The minimum Gasteiger partial charge on any atom is -0.506 e. The molecule has 250 valence electrons. The Hall–Kier alpha value is -5.79. The molecule has 1 amide bonds. The number of phenolic OH excluding ortho intramolecular Hbond substituents is 1. The largest absolute Gasteiger partial charge is 0.506 e. The number of hydrogen-bond acceptors (Lipinski definition) is 6. The maximum atomic E-state index is 12.8. The maximum Gasteiger partial charge on any atom is 0.409 e. The number of imidazole rings is 1. The molecule has 0 aliphatic carbocycles. The number of aromatic nitrogens is 3. The number of pyridine rings is 1. The topological polar surface area (TPSA) is 172 Å². The Labute approximate surface area is 272 Å². The highest BCUT2D eigenvalue weighted by atomic mass is 19.0. The number of hydrogen-bond donors (Lipinski definition) is 7. The number of phenols is 1. The molecule has 2 aromatic heterocycles. The van der Waals surface area contributed by atoms with Crippen LogP contribution in [0.2, 0.25) is 0 Å². The molecule has 0 saturated heterocycles. The number of nitrogens with zero attached hydrogens (tertiary/aromatic N) is 1. The van der Waals surface area contributed by atoms with E-state index in [1.807, 2.05) is 66.7 Å². The predicted octanol–water partition coefficient (Wildman–Crippen LogP) is 5.39. The average molecular weight is 660 g/mol. The van der Waals surface area contributed by atoms with Gasteiger partial charge in [-0.1, -0.05) is 54.6 Å². The van der Waals surface area contributed by atoms with Gasteiger partial charge in [0.15, 0.2) is 0 Å². The van der Waals surface area contributed by atoms with E-state index in [1.54, 1.807) is 16.7 Å². The summed E-state index contributed by atoms with van der Waals surface area (Å²) in [4.78, 5) is 41.5. The summed E-state index contributed by atoms with van der Waals surface area (Å²) in [6.45, 7) is 1.15. The van der Waals surface area contributed by atoms with E-state index in [0.29, 0.717) is 48.1 Å². The molecular weight excluding hydrogens is 624 g/mol. The van der Waals surface area contributed by atoms with Gasteiger partial charge in [0.1, 0.15) is 5.75 Å². The number of rotatable bonds is 11. The van der Waals surface area contributed by atoms with Crippen LogP contribution in [-0.2, 0) is 19.5 Å². The lowest BCUT2D eigenvalue weighted by Gasteiger charge is -2.15. The number of halogens is 2. The molecule has 4 aromatic carbocycles. The van der Waals surface area contributed by atoms with E-state index in [4.69, 9.17) is 0 Å². The van der Waals surface area contributed by atoms with E-state index in [-0.39, 0.29) is 38.5 Å². The van der Waals surface area contributed by atoms with Gasteiger partial charge in [0, 0.05) is 36.7 Å². The SMILES string of the molecule is F.F.O=C(O)Nc1cc(CCCn2c(=O)[nH]c3cc(CNC[C@H](O)c4ccc(O)c5[nH]c(=O)ccc45)ccc32)ccc1-c1ccccc1. The van der Waals surface area contributed by atoms with Crippen LogP contribution in [0.4, 0.5) is 19.9 Å². The number of aliphatic hydroxyl groups is 1. The molecule has 0 saturated carbocycles. The number of carbonyl (C=O) groups is 1. The molecule has 0 bridgehead atoms. The van der Waals surface area contributed by atoms with E-state index in [0.717, 1.165) is 27.8 Å². The van der Waals surface area contributed by atoms with Gasteiger partial charge in [-0.05, 0) is 65.4 Å². The molecule has 0 spiro atoms. The summed E-state index contributed by atoms with van der Waals surface area (Å²) in [7, 11) is 0. The van der Waals surface area contributed by atoms with E-state index < -0.39 is 12.2 Å². The molecule has 1 atom stereocenters. The molecular formula is C35H35F2N5O6. The van der Waals surface area contributed by atoms with Gasteiger partial charge in [-0.3, -0.25) is 24.1 Å². The fraction of sp³-hybridized carbons (Fsp3) is 0.171. The first-order valence-corrected chi connectivity index (χ1v) is 14.9. The molecule has 0 fully saturated rings. The number of aryl methyl sites for hydroxylation is 2. The first kappa shape index (κ1) is 35.1. The van der Waals surface area contributed by atoms with Crippen LogP contribution in [0.1, 0.15) is 29.2 Å². The quantitative estimate of drug-likeness (QED) is 0.0976. The molecule has 11 nitrogen and oxygen atoms in total. The van der Waals surface area contributed by atoms with Gasteiger partial charge in [0.05, 0.1) is 28.3 Å². The summed E-state index contributed by atoms with van der Waals surface area (Å²) >= 11 is 0. The summed E-state index contributed by atoms with van der Waals surface area (Å²) in [5.41, 5.74) is 5.91. The van der Waals surface area contributed by atoms with E-state index in [1.165, 1.54) is 12.1 Å². The van der Waals surface area contributed by atoms with Crippen LogP contribution in [0.25, 0.3) is 33.1 Å². The molecule has 13 heteroatoms. The third kappa shape index (κ3) is 7.60. The molecule has 7 N–H and O–H groups in total. The van der Waals surface area contributed by atoms with Crippen molar-refractivity contribution in [2.24, 2.45) is 0 Å². The Balaban J connectivity index is 0.00000260. The number of aromatic hydroxyl groups is 1. The highest BCUT2D eigenvalue weighted by Gasteiger charge is 2.15. The van der Waals surface area contributed by atoms with Crippen LogP contribution in [-0.4, -0.2) is 42.5 Å². The summed E-state index contributed by atoms with van der Waals surface area (Å²) in [6.07, 6.45) is -0.691. The number of aliphatic hydroxyl groups excluding tert-OH is 1. The van der Waals surface area contributed by atoms with Crippen LogP contribution in [0.5, 0.6) is 5.75 Å². The number of nitrogens with one attached hydrogen (secondary N) is 4. The predicted molar refractivity (Wildman–Crippen MR) is 182 cm³/mol. The maximum absolute atomic E-state index is 12.8. The Morgan fingerprint density at radius 1 is 0.875 bits per heavy atom. The average Bonchev–Trinajstić information content (AvgIpc) is 3.35. The summed E-state index contributed by atoms with van der Waals surface area (Å²) in [6, 6.07) is 27.1. The fourth-order valence-corrected chi connectivity index (χ4v) is 5.83. The molecule has 6 rings (SSSR count). The normalized spacial score (nSPS) is 11.5. The summed E-state index contributed by atoms with van der Waals surface area (Å²) in [5.74, 6) is -0.0643. The van der Waals surface area contributed by atoms with Gasteiger partial charge in [0.25, 0.3) is 0 Å². The number of benzene rings is 4. The molecule has 6 aromatic rings. The zero-order chi connectivity index (χ0) is 32.2. The smallest absolute Gasteiger partial charge is 0.409 e. The zero-order valence-electron chi connectivity index (χ0n) is 25.6. The Bertz CT molecular complexity index is 2160. The molecule has 0 radical (unpaired) electrons. The number of carboxylic acid groups (broad SMARTS) is 1. The Morgan fingerprint density at radius 3 is 2.42 bits per heavy atom. The van der Waals surface area contributed by atoms with Crippen molar-refractivity contribution in [3.63, 3.8) is 0 Å². The van der Waals surface area contributed by atoms with Crippen molar-refractivity contribution in [1.82, 2.24) is 19.9 Å². The lowest BCUT2D eigenvalue weighted by molar-refractivity contribution is 0.176. The van der Waals surface area contributed by atoms with E-state index in [2.05, 4.69) is 20.6 Å². The van der Waals surface area contributed by atoms with Gasteiger partial charge < -0.3 is 30.6 Å². The number of amides is 1. The lowest BCUT2D eigenvalue weighted by Crippen LogP contribution is -2.21. The van der Waals surface area contributed by atoms with Crippen molar-refractivity contribution in [3.05, 3.63) is 129 Å². The van der Waals surface area contributed by atoms with Crippen molar-refractivity contribution in [2.45, 2.75) is 32.0 Å². The van der Waals surface area contributed by atoms with Crippen molar-refractivity contribution in [2.75, 3.05) is 11.9 Å². The molecule has 2 heterocycles. The van der Waals surface area contributed by atoms with Gasteiger partial charge >= 0.3 is 11.8 Å². The van der Waals surface area contributed by atoms with Gasteiger partial charge in [0.2, 0.25) is 5.56 Å². The Morgan fingerprint density at radius 2 is 1.65 bits per heavy atom. The van der Waals surface area contributed by atoms with Gasteiger partial charge in [-0.2, -0.15) is 0 Å². The van der Waals surface area contributed by atoms with Gasteiger partial charge in [-0.25, -0.2) is 9.59 Å². The molecule has 0 aliphatic heterocycles. The van der Waals surface area contributed by atoms with Crippen molar-refractivity contribution in [1.29, 1.82) is 0 Å². The second-order valence-corrected chi connectivity index (χ2v) is 11.1. The first-order chi connectivity index (χ1) is 22.3. The highest BCUT2D eigenvalue weighted by Crippen LogP contribution is 2.30. The van der Waals surface area contributed by atoms with Crippen LogP contribution in [0, 0.1) is 0 Å². The van der Waals surface area contributed by atoms with Gasteiger partial charge in [-0.15, -0.1) is 0 Å². The van der Waals surface area contributed by atoms with Crippen molar-refractivity contribution in [3.8, 4) is 16.9 Å². The number of aromatic amines is 2. The summed E-state index contributed by atoms with van der Waals surface area (Å²) < 4.78 is 1.70. The van der Waals surface area contributed by atoms with E-state index >= 15 is 0 Å². The lowest BCUT2D eigenvalue weighted by atomic mass is 9.99. The van der Waals surface area contributed by atoms with Crippen LogP contribution < -0.4 is 21.9 Å². The standard InChI is InChI=1S/C35H33N5O6.2FH/c41-30-14-11-25(26-12-15-32(43)39-33(26)30)31(42)20-36-19-22-9-13-29-28(18-22)37-34(44)40(29)16-4-5-21-8-10-24(23-6-2-1-3-7-23)27(17-21)38-35(45)46;;/h1-3,6-15,17-18,31,36,38,41-42H,4-5,16,19-20H2,(H,37,44)(H,39,43)(H,45,46);2*1H/t31-;;/m0../s1. The second-order valence-electron chi connectivity index (χ2n) is 11.1. The third-order valence-corrected chi connectivity index (χ3v) is 8.03. The van der Waals surface area contributed by atoms with Crippen LogP contribution >= 0.6 is 0 Å². The first-order valence-electron chi connectivity index (χ1n) is 14.9. The van der Waals surface area contributed by atoms with E-state index in [9.17, 15) is 29.7 Å². The van der Waals surface area contributed by atoms with Crippen molar-refractivity contribution < 1.29 is 29.5 Å². The zero-order valence-corrected chi connectivity index (χ0v) is 25.6. The number of anilines is 1. The van der Waals surface area contributed by atoms with Crippen LogP contribution in [0.3, 0.4) is 0 Å². The van der Waals surface area contributed by atoms with Crippen LogP contribution in [0.15, 0.2) is 101 Å². The minimum absolute atomic E-state index is 0. The molecule has 0 unspecified atom stereocenters. The summed E-state index contributed by atoms with van der Waals surface area (Å²) in [5, 5.41) is 36.6. The monoisotopic (exact) mass is 659 g/mol. The Kier molecular flexibility index (Phi) is 11.1. The number of fused-ring (bicyclic) bond motifs is 2. The molecule has 0 aliphatic rings. The second kappa shape index (κ2) is 15.2. The fourth-order valence-electron chi connectivity index (χ4n) is 5.83. The number of H-pyrrole nitrogens is 2. The third-order valence-electron chi connectivity index (χ3n) is 8.03. The minimum atomic E-state index is -1.13.